The molecule has 0 spiro atoms. The van der Waals surface area contributed by atoms with E-state index >= 15 is 0 Å². The smallest absolute Gasteiger partial charge is 0.410 e. The maximum absolute atomic E-state index is 12.0. The first-order valence-corrected chi connectivity index (χ1v) is 8.09. The van der Waals surface area contributed by atoms with Crippen LogP contribution in [0.15, 0.2) is 18.5 Å². The maximum Gasteiger partial charge on any atom is 0.410 e. The average Bonchev–Trinajstić information content (AvgIpc) is 2.55. The Morgan fingerprint density at radius 3 is 2.33 bits per heavy atom. The van der Waals surface area contributed by atoms with Crippen molar-refractivity contribution < 1.29 is 14.5 Å². The molecule has 0 aromatic carbocycles. The Bertz CT molecular complexity index is 563. The number of anilines is 1. The van der Waals surface area contributed by atoms with Gasteiger partial charge in [-0.1, -0.05) is 13.8 Å². The summed E-state index contributed by atoms with van der Waals surface area (Å²) in [6, 6.07) is 1.63. The molecule has 1 fully saturated rings. The molecule has 1 amide bonds. The van der Waals surface area contributed by atoms with Crippen molar-refractivity contribution in [3.63, 3.8) is 0 Å². The molecule has 0 atom stereocenters. The van der Waals surface area contributed by atoms with Crippen molar-refractivity contribution >= 4 is 17.5 Å². The normalized spacial score (nSPS) is 14.5. The highest BCUT2D eigenvalue weighted by atomic mass is 16.6. The predicted molar refractivity (Wildman–Crippen MR) is 92.3 cm³/mol. The fourth-order valence-corrected chi connectivity index (χ4v) is 2.24. The number of amides is 1. The van der Waals surface area contributed by atoms with Gasteiger partial charge in [-0.2, -0.15) is 0 Å². The van der Waals surface area contributed by atoms with Crippen LogP contribution in [0.25, 0.3) is 0 Å². The lowest BCUT2D eigenvalue weighted by Gasteiger charge is -2.36. The molecule has 0 N–H and O–H groups in total. The zero-order valence-corrected chi connectivity index (χ0v) is 15.0. The minimum absolute atomic E-state index is 0.0202. The first-order chi connectivity index (χ1) is 11.3. The number of carbonyl (C=O) groups excluding carboxylic acids is 1. The summed E-state index contributed by atoms with van der Waals surface area (Å²) in [5, 5.41) is 11.0. The number of nitrogens with zero attached hydrogens (tertiary/aromatic N) is 4. The SMILES string of the molecule is CC.CC(C)(C)OC(=O)N1CCN(c2ccncc2[N+](=O)[O-])CC1. The van der Waals surface area contributed by atoms with E-state index in [0.29, 0.717) is 31.9 Å². The highest BCUT2D eigenvalue weighted by Gasteiger charge is 2.28. The van der Waals surface area contributed by atoms with Crippen molar-refractivity contribution in [2.45, 2.75) is 40.2 Å². The van der Waals surface area contributed by atoms with Crippen molar-refractivity contribution in [2.75, 3.05) is 31.1 Å². The predicted octanol–water partition coefficient (Wildman–Crippen LogP) is 3.07. The van der Waals surface area contributed by atoms with E-state index in [1.807, 2.05) is 39.5 Å². The summed E-state index contributed by atoms with van der Waals surface area (Å²) < 4.78 is 5.33. The average molecular weight is 338 g/mol. The zero-order chi connectivity index (χ0) is 18.3. The molecule has 2 rings (SSSR count). The van der Waals surface area contributed by atoms with Crippen LogP contribution >= 0.6 is 0 Å². The summed E-state index contributed by atoms with van der Waals surface area (Å²) in [5.74, 6) is 0. The minimum atomic E-state index is -0.530. The maximum atomic E-state index is 12.0. The summed E-state index contributed by atoms with van der Waals surface area (Å²) in [4.78, 5) is 29.9. The van der Waals surface area contributed by atoms with Crippen LogP contribution in [0, 0.1) is 10.1 Å². The molecule has 1 aromatic heterocycles. The van der Waals surface area contributed by atoms with Crippen molar-refractivity contribution in [1.29, 1.82) is 0 Å². The van der Waals surface area contributed by atoms with Gasteiger partial charge in [-0.3, -0.25) is 15.1 Å². The summed E-state index contributed by atoms with van der Waals surface area (Å²) in [5.41, 5.74) is -0.0185. The van der Waals surface area contributed by atoms with E-state index in [2.05, 4.69) is 4.98 Å². The number of aromatic nitrogens is 1. The molecule has 0 saturated carbocycles. The number of piperazine rings is 1. The zero-order valence-electron chi connectivity index (χ0n) is 15.0. The Balaban J connectivity index is 0.00000139. The summed E-state index contributed by atoms with van der Waals surface area (Å²) in [7, 11) is 0. The first-order valence-electron chi connectivity index (χ1n) is 8.09. The number of nitro groups is 1. The first kappa shape index (κ1) is 19.7. The van der Waals surface area contributed by atoms with Crippen molar-refractivity contribution in [3.05, 3.63) is 28.6 Å². The van der Waals surface area contributed by atoms with Crippen LogP contribution < -0.4 is 4.90 Å². The van der Waals surface area contributed by atoms with Crippen LogP contribution in [0.2, 0.25) is 0 Å². The second-order valence-corrected chi connectivity index (χ2v) is 6.08. The fraction of sp³-hybridized carbons (Fsp3) is 0.625. The van der Waals surface area contributed by atoms with Crippen LogP contribution in [-0.2, 0) is 4.74 Å². The second kappa shape index (κ2) is 8.47. The third kappa shape index (κ3) is 5.36. The Morgan fingerprint density at radius 2 is 1.83 bits per heavy atom. The molecule has 1 aliphatic rings. The van der Waals surface area contributed by atoms with Crippen LogP contribution in [0.3, 0.4) is 0 Å². The highest BCUT2D eigenvalue weighted by molar-refractivity contribution is 5.69. The van der Waals surface area contributed by atoms with Gasteiger partial charge in [0, 0.05) is 32.4 Å². The van der Waals surface area contributed by atoms with Gasteiger partial charge in [0.1, 0.15) is 17.5 Å². The molecule has 134 valence electrons. The topological polar surface area (TPSA) is 88.8 Å². The number of carbonyl (C=O) groups is 1. The van der Waals surface area contributed by atoms with Gasteiger partial charge in [0.05, 0.1) is 4.92 Å². The van der Waals surface area contributed by atoms with E-state index in [1.54, 1.807) is 11.0 Å². The Morgan fingerprint density at radius 1 is 1.25 bits per heavy atom. The van der Waals surface area contributed by atoms with Gasteiger partial charge in [-0.05, 0) is 26.8 Å². The van der Waals surface area contributed by atoms with Gasteiger partial charge < -0.3 is 14.5 Å². The molecule has 24 heavy (non-hydrogen) atoms. The molecule has 0 bridgehead atoms. The summed E-state index contributed by atoms with van der Waals surface area (Å²) in [6.07, 6.45) is 2.43. The van der Waals surface area contributed by atoms with Crippen molar-refractivity contribution in [1.82, 2.24) is 9.88 Å². The monoisotopic (exact) mass is 338 g/mol. The van der Waals surface area contributed by atoms with E-state index in [1.165, 1.54) is 12.4 Å². The third-order valence-corrected chi connectivity index (χ3v) is 3.25. The van der Waals surface area contributed by atoms with Crippen LogP contribution in [0.1, 0.15) is 34.6 Å². The lowest BCUT2D eigenvalue weighted by atomic mass is 10.2. The number of ether oxygens (including phenoxy) is 1. The Hall–Kier alpha value is -2.38. The van der Waals surface area contributed by atoms with E-state index < -0.39 is 10.5 Å². The lowest BCUT2D eigenvalue weighted by molar-refractivity contribution is -0.384. The van der Waals surface area contributed by atoms with Crippen LogP contribution in [0.4, 0.5) is 16.2 Å². The molecule has 1 aromatic rings. The van der Waals surface area contributed by atoms with Gasteiger partial charge in [-0.25, -0.2) is 4.79 Å². The molecule has 2 heterocycles. The largest absolute Gasteiger partial charge is 0.444 e. The van der Waals surface area contributed by atoms with Gasteiger partial charge in [0.25, 0.3) is 0 Å². The van der Waals surface area contributed by atoms with Crippen molar-refractivity contribution in [3.8, 4) is 0 Å². The van der Waals surface area contributed by atoms with Gasteiger partial charge in [-0.15, -0.1) is 0 Å². The lowest BCUT2D eigenvalue weighted by Crippen LogP contribution is -2.50. The second-order valence-electron chi connectivity index (χ2n) is 6.08. The van der Waals surface area contributed by atoms with Crippen molar-refractivity contribution in [2.24, 2.45) is 0 Å². The Kier molecular flexibility index (Phi) is 6.94. The quantitative estimate of drug-likeness (QED) is 0.608. The molecular formula is C16H26N4O4. The molecule has 1 saturated heterocycles. The molecule has 8 heteroatoms. The van der Waals surface area contributed by atoms with Crippen LogP contribution in [0.5, 0.6) is 0 Å². The summed E-state index contributed by atoms with van der Waals surface area (Å²) >= 11 is 0. The standard InChI is InChI=1S/C14H20N4O4.C2H6/c1-14(2,3)22-13(19)17-8-6-16(7-9-17)11-4-5-15-10-12(11)18(20)21;1-2/h4-5,10H,6-9H2,1-3H3;1-2H3. The fourth-order valence-electron chi connectivity index (χ4n) is 2.24. The minimum Gasteiger partial charge on any atom is -0.444 e. The highest BCUT2D eigenvalue weighted by Crippen LogP contribution is 2.27. The van der Waals surface area contributed by atoms with E-state index in [4.69, 9.17) is 4.74 Å². The third-order valence-electron chi connectivity index (χ3n) is 3.25. The van der Waals surface area contributed by atoms with Gasteiger partial charge in [0.2, 0.25) is 0 Å². The molecule has 8 nitrogen and oxygen atoms in total. The molecular weight excluding hydrogens is 312 g/mol. The molecule has 0 aliphatic carbocycles. The Labute approximate surface area is 142 Å². The van der Waals surface area contributed by atoms with E-state index in [-0.39, 0.29) is 11.8 Å². The van der Waals surface area contributed by atoms with E-state index in [9.17, 15) is 14.9 Å². The molecule has 1 aliphatic heterocycles. The number of hydrogen-bond donors (Lipinski definition) is 0. The molecule has 0 unspecified atom stereocenters. The molecule has 0 radical (unpaired) electrons. The van der Waals surface area contributed by atoms with Crippen LogP contribution in [-0.4, -0.2) is 52.7 Å². The number of rotatable bonds is 2. The van der Waals surface area contributed by atoms with Gasteiger partial charge in [0.15, 0.2) is 0 Å². The van der Waals surface area contributed by atoms with E-state index in [0.717, 1.165) is 0 Å². The number of pyridine rings is 1. The van der Waals surface area contributed by atoms with Gasteiger partial charge >= 0.3 is 11.8 Å². The number of hydrogen-bond acceptors (Lipinski definition) is 6. The summed E-state index contributed by atoms with van der Waals surface area (Å²) in [6.45, 7) is 11.4.